The fraction of sp³-hybridized carbons (Fsp3) is 0. The minimum atomic E-state index is 0.359. The van der Waals surface area contributed by atoms with Gasteiger partial charge in [0, 0.05) is 45.3 Å². The summed E-state index contributed by atoms with van der Waals surface area (Å²) in [5, 5.41) is 12.8. The molecule has 0 saturated heterocycles. The Kier molecular flexibility index (Phi) is 7.55. The van der Waals surface area contributed by atoms with Gasteiger partial charge in [-0.25, -0.2) is 4.85 Å². The van der Waals surface area contributed by atoms with E-state index in [0.29, 0.717) is 22.6 Å². The van der Waals surface area contributed by atoms with Gasteiger partial charge in [-0.05, 0) is 77.9 Å². The number of rotatable bonds is 7. The summed E-state index contributed by atoms with van der Waals surface area (Å²) in [7, 11) is 0. The lowest BCUT2D eigenvalue weighted by molar-refractivity contribution is 0.669. The van der Waals surface area contributed by atoms with E-state index >= 15 is 0 Å². The number of nitriles is 1. The molecule has 0 amide bonds. The smallest absolute Gasteiger partial charge is 0.214 e. The van der Waals surface area contributed by atoms with Gasteiger partial charge in [0.2, 0.25) is 5.69 Å². The number of furan rings is 1. The second-order valence-electron chi connectivity index (χ2n) is 11.6. The van der Waals surface area contributed by atoms with Gasteiger partial charge < -0.3 is 14.2 Å². The molecule has 0 aliphatic rings. The number of hydrogen-bond acceptors (Lipinski definition) is 4. The first-order valence-electron chi connectivity index (χ1n) is 15.9. The Labute approximate surface area is 284 Å². The fourth-order valence-corrected chi connectivity index (χ4v) is 6.43. The van der Waals surface area contributed by atoms with E-state index in [-0.39, 0.29) is 0 Å². The Balaban J connectivity index is 1.33. The van der Waals surface area contributed by atoms with E-state index in [1.54, 1.807) is 0 Å². The number of hydrogen-bond donors (Lipinski definition) is 0. The van der Waals surface area contributed by atoms with E-state index in [1.165, 1.54) is 0 Å². The lowest BCUT2D eigenvalue weighted by atomic mass is 10.0. The van der Waals surface area contributed by atoms with Crippen molar-refractivity contribution in [3.63, 3.8) is 0 Å². The highest BCUT2D eigenvalue weighted by molar-refractivity contribution is 6.06. The van der Waals surface area contributed by atoms with Gasteiger partial charge in [0.1, 0.15) is 17.2 Å². The van der Waals surface area contributed by atoms with Gasteiger partial charge in [-0.3, -0.25) is 0 Å². The highest BCUT2D eigenvalue weighted by Crippen LogP contribution is 2.47. The van der Waals surface area contributed by atoms with Gasteiger partial charge >= 0.3 is 0 Å². The standard InChI is InChI=1S/C44H28N4O/c1-46-41-28-38(27-33(30-45)44(41)48(34-15-7-3-8-16-34)35-17-9-4-10-18-35)47(36-23-21-32(22-24-36)31-13-5-2-6-14-31)37-25-26-40-39-19-11-12-20-42(39)49-43(40)29-37/h2-29H. The summed E-state index contributed by atoms with van der Waals surface area (Å²) >= 11 is 0. The van der Waals surface area contributed by atoms with Crippen LogP contribution in [0.25, 0.3) is 37.9 Å². The van der Waals surface area contributed by atoms with Crippen LogP contribution >= 0.6 is 0 Å². The molecule has 0 unspecified atom stereocenters. The number of benzene rings is 7. The summed E-state index contributed by atoms with van der Waals surface area (Å²) in [6.07, 6.45) is 0. The third kappa shape index (κ3) is 5.42. The molecule has 0 bridgehead atoms. The van der Waals surface area contributed by atoms with Gasteiger partial charge in [-0.15, -0.1) is 0 Å². The quantitative estimate of drug-likeness (QED) is 0.165. The lowest BCUT2D eigenvalue weighted by Gasteiger charge is -2.30. The first-order valence-corrected chi connectivity index (χ1v) is 15.9. The van der Waals surface area contributed by atoms with Crippen molar-refractivity contribution in [2.24, 2.45) is 0 Å². The molecular weight excluding hydrogens is 601 g/mol. The molecule has 8 rings (SSSR count). The maximum atomic E-state index is 10.7. The molecule has 5 nitrogen and oxygen atoms in total. The first-order chi connectivity index (χ1) is 24.2. The third-order valence-electron chi connectivity index (χ3n) is 8.68. The van der Waals surface area contributed by atoms with Crippen LogP contribution in [0.15, 0.2) is 174 Å². The molecule has 0 fully saturated rings. The molecule has 8 aromatic rings. The molecule has 0 atom stereocenters. The highest BCUT2D eigenvalue weighted by Gasteiger charge is 2.24. The van der Waals surface area contributed by atoms with Crippen molar-refractivity contribution >= 4 is 61.8 Å². The average molecular weight is 629 g/mol. The zero-order valence-corrected chi connectivity index (χ0v) is 26.4. The molecule has 0 spiro atoms. The van der Waals surface area contributed by atoms with Gasteiger partial charge in [0.25, 0.3) is 0 Å². The van der Waals surface area contributed by atoms with E-state index in [0.717, 1.165) is 55.8 Å². The van der Waals surface area contributed by atoms with Crippen LogP contribution in [0.4, 0.5) is 39.8 Å². The zero-order valence-electron chi connectivity index (χ0n) is 26.4. The van der Waals surface area contributed by atoms with Crippen molar-refractivity contribution in [2.45, 2.75) is 0 Å². The summed E-state index contributed by atoms with van der Waals surface area (Å²) in [5.41, 5.74) is 9.18. The van der Waals surface area contributed by atoms with Crippen LogP contribution in [0.5, 0.6) is 0 Å². The molecule has 0 aliphatic heterocycles. The first kappa shape index (κ1) is 29.3. The Morgan fingerprint density at radius 1 is 0.490 bits per heavy atom. The number of para-hydroxylation sites is 3. The van der Waals surface area contributed by atoms with Gasteiger partial charge in [-0.2, -0.15) is 5.26 Å². The average Bonchev–Trinajstić information content (AvgIpc) is 3.55. The SMILES string of the molecule is [C-]#[N+]c1cc(N(c2ccc(-c3ccccc3)cc2)c2ccc3c(c2)oc2ccccc23)cc(C#N)c1N(c1ccccc1)c1ccccc1. The monoisotopic (exact) mass is 628 g/mol. The summed E-state index contributed by atoms with van der Waals surface area (Å²) in [4.78, 5) is 8.09. The Bertz CT molecular complexity index is 2440. The Hall–Kier alpha value is -7.08. The second kappa shape index (κ2) is 12.6. The van der Waals surface area contributed by atoms with Gasteiger partial charge in [0.15, 0.2) is 0 Å². The molecule has 0 saturated carbocycles. The van der Waals surface area contributed by atoms with Crippen molar-refractivity contribution in [1.29, 1.82) is 5.26 Å². The molecule has 7 aromatic carbocycles. The second-order valence-corrected chi connectivity index (χ2v) is 11.6. The van der Waals surface area contributed by atoms with Crippen molar-refractivity contribution in [3.05, 3.63) is 187 Å². The van der Waals surface area contributed by atoms with Crippen molar-refractivity contribution in [1.82, 2.24) is 0 Å². The highest BCUT2D eigenvalue weighted by atomic mass is 16.3. The van der Waals surface area contributed by atoms with Crippen molar-refractivity contribution < 1.29 is 4.42 Å². The third-order valence-corrected chi connectivity index (χ3v) is 8.68. The summed E-state index contributed by atoms with van der Waals surface area (Å²) in [6.45, 7) is 8.37. The Morgan fingerprint density at radius 3 is 1.69 bits per heavy atom. The molecule has 230 valence electrons. The summed E-state index contributed by atoms with van der Waals surface area (Å²) in [5.74, 6) is 0. The van der Waals surface area contributed by atoms with Crippen LogP contribution in [-0.4, -0.2) is 0 Å². The zero-order chi connectivity index (χ0) is 33.2. The maximum absolute atomic E-state index is 10.7. The van der Waals surface area contributed by atoms with E-state index in [1.807, 2.05) is 120 Å². The molecule has 0 N–H and O–H groups in total. The lowest BCUT2D eigenvalue weighted by Crippen LogP contribution is -2.14. The van der Waals surface area contributed by atoms with Gasteiger partial charge in [-0.1, -0.05) is 97.1 Å². The van der Waals surface area contributed by atoms with E-state index in [9.17, 15) is 5.26 Å². The predicted molar refractivity (Wildman–Crippen MR) is 199 cm³/mol. The molecular formula is C44H28N4O. The number of anilines is 6. The molecule has 49 heavy (non-hydrogen) atoms. The molecule has 5 heteroatoms. The summed E-state index contributed by atoms with van der Waals surface area (Å²) < 4.78 is 6.30. The number of nitrogens with zero attached hydrogens (tertiary/aromatic N) is 4. The van der Waals surface area contributed by atoms with Crippen molar-refractivity contribution in [3.8, 4) is 17.2 Å². The normalized spacial score (nSPS) is 10.8. The molecule has 0 aliphatic carbocycles. The Morgan fingerprint density at radius 2 is 1.04 bits per heavy atom. The van der Waals surface area contributed by atoms with Crippen molar-refractivity contribution in [2.75, 3.05) is 9.80 Å². The largest absolute Gasteiger partial charge is 0.456 e. The minimum Gasteiger partial charge on any atom is -0.456 e. The fourth-order valence-electron chi connectivity index (χ4n) is 6.43. The van der Waals surface area contributed by atoms with Gasteiger partial charge in [0.05, 0.1) is 17.8 Å². The van der Waals surface area contributed by atoms with Crippen LogP contribution in [0.3, 0.4) is 0 Å². The maximum Gasteiger partial charge on any atom is 0.214 e. The molecule has 0 radical (unpaired) electrons. The van der Waals surface area contributed by atoms with E-state index in [4.69, 9.17) is 11.0 Å². The van der Waals surface area contributed by atoms with Crippen LogP contribution in [0.1, 0.15) is 5.56 Å². The minimum absolute atomic E-state index is 0.359. The van der Waals surface area contributed by atoms with E-state index in [2.05, 4.69) is 70.4 Å². The molecule has 1 aromatic heterocycles. The topological polar surface area (TPSA) is 47.8 Å². The molecule has 1 heterocycles. The van der Waals surface area contributed by atoms with E-state index < -0.39 is 0 Å². The van der Waals surface area contributed by atoms with Crippen LogP contribution < -0.4 is 9.80 Å². The summed E-state index contributed by atoms with van der Waals surface area (Å²) in [6, 6.07) is 58.6. The predicted octanol–water partition coefficient (Wildman–Crippen LogP) is 12.6. The van der Waals surface area contributed by atoms with Crippen LogP contribution in [0, 0.1) is 17.9 Å². The van der Waals surface area contributed by atoms with Crippen LogP contribution in [0.2, 0.25) is 0 Å². The van der Waals surface area contributed by atoms with Crippen LogP contribution in [-0.2, 0) is 0 Å². The number of fused-ring (bicyclic) bond motifs is 3.